The molecule has 0 aliphatic rings. The van der Waals surface area contributed by atoms with Gasteiger partial charge in [-0.05, 0) is 90.0 Å². The summed E-state index contributed by atoms with van der Waals surface area (Å²) in [6.07, 6.45) is 0. The van der Waals surface area contributed by atoms with Crippen LogP contribution >= 0.6 is 0 Å². The normalized spacial score (nSPS) is 12.6. The first-order chi connectivity index (χ1) is 28.5. The summed E-state index contributed by atoms with van der Waals surface area (Å²) in [6.45, 7) is 14.7. The molecule has 0 atom stereocenters. The van der Waals surface area contributed by atoms with E-state index in [4.69, 9.17) is 0 Å². The lowest BCUT2D eigenvalue weighted by Crippen LogP contribution is -2.37. The summed E-state index contributed by atoms with van der Waals surface area (Å²) < 4.78 is 7.34. The van der Waals surface area contributed by atoms with E-state index in [0.29, 0.717) is 0 Å². The van der Waals surface area contributed by atoms with Gasteiger partial charge in [0.2, 0.25) is 0 Å². The molecule has 8 aromatic carbocycles. The van der Waals surface area contributed by atoms with Gasteiger partial charge in [-0.1, -0.05) is 147 Å². The molecule has 0 saturated heterocycles. The Labute approximate surface area is 347 Å². The molecule has 0 bridgehead atoms. The van der Waals surface area contributed by atoms with Crippen molar-refractivity contribution in [3.63, 3.8) is 0 Å². The van der Waals surface area contributed by atoms with Gasteiger partial charge in [0.25, 0.3) is 0 Å². The molecule has 0 fully saturated rings. The molecule has 0 N–H and O–H groups in total. The van der Waals surface area contributed by atoms with E-state index < -0.39 is 16.1 Å². The summed E-state index contributed by atoms with van der Waals surface area (Å²) in [5.74, 6) is 0. The summed E-state index contributed by atoms with van der Waals surface area (Å²) in [7, 11) is -3.11. The molecule has 0 saturated carbocycles. The summed E-state index contributed by atoms with van der Waals surface area (Å²) in [5, 5.41) is 10.7. The lowest BCUT2D eigenvalue weighted by molar-refractivity contribution is 1.17. The number of benzene rings is 8. The Morgan fingerprint density at radius 3 is 1.27 bits per heavy atom. The lowest BCUT2D eigenvalue weighted by Gasteiger charge is -2.17. The highest BCUT2D eigenvalue weighted by molar-refractivity contribution is 6.89. The molecule has 0 spiro atoms. The molecule has 3 nitrogen and oxygen atoms in total. The van der Waals surface area contributed by atoms with Crippen LogP contribution in [0.1, 0.15) is 0 Å². The Bertz CT molecular complexity index is 3450. The molecule has 3 heterocycles. The average molecular weight is 794 g/mol. The van der Waals surface area contributed by atoms with Crippen LogP contribution in [0.15, 0.2) is 176 Å². The second-order valence-electron chi connectivity index (χ2n) is 18.3. The van der Waals surface area contributed by atoms with Crippen LogP contribution in [0, 0.1) is 0 Å². The topological polar surface area (TPSA) is 14.8 Å². The zero-order valence-corrected chi connectivity index (χ0v) is 36.6. The fraction of sp³-hybridized carbons (Fsp3) is 0.111. The third-order valence-corrected chi connectivity index (χ3v) is 16.6. The minimum absolute atomic E-state index is 1.17. The highest BCUT2D eigenvalue weighted by atomic mass is 28.3. The molecule has 11 aromatic rings. The van der Waals surface area contributed by atoms with Crippen LogP contribution < -0.4 is 10.4 Å². The number of nitrogens with zero attached hydrogens (tertiary/aromatic N) is 3. The van der Waals surface area contributed by atoms with Crippen molar-refractivity contribution < 1.29 is 0 Å². The van der Waals surface area contributed by atoms with Gasteiger partial charge in [-0.2, -0.15) is 0 Å². The number of hydrogen-bond acceptors (Lipinski definition) is 0. The van der Waals surface area contributed by atoms with Crippen LogP contribution in [-0.2, 0) is 0 Å². The Kier molecular flexibility index (Phi) is 7.90. The summed E-state index contributed by atoms with van der Waals surface area (Å²) in [4.78, 5) is 0. The number of fused-ring (bicyclic) bond motifs is 9. The van der Waals surface area contributed by atoms with E-state index in [9.17, 15) is 0 Å². The molecular formula is C54H47N3Si2. The third-order valence-electron chi connectivity index (χ3n) is 12.5. The van der Waals surface area contributed by atoms with Crippen molar-refractivity contribution in [2.45, 2.75) is 39.3 Å². The van der Waals surface area contributed by atoms with Crippen LogP contribution in [0.3, 0.4) is 0 Å². The van der Waals surface area contributed by atoms with Gasteiger partial charge in [-0.3, -0.25) is 0 Å². The fourth-order valence-corrected chi connectivity index (χ4v) is 11.7. The molecule has 0 aliphatic heterocycles. The quantitative estimate of drug-likeness (QED) is 0.149. The van der Waals surface area contributed by atoms with Crippen molar-refractivity contribution in [3.8, 4) is 28.2 Å². The van der Waals surface area contributed by atoms with E-state index in [0.717, 1.165) is 0 Å². The van der Waals surface area contributed by atoms with Gasteiger partial charge in [0, 0.05) is 49.4 Å². The van der Waals surface area contributed by atoms with Crippen LogP contribution in [0.2, 0.25) is 39.3 Å². The van der Waals surface area contributed by atoms with Crippen molar-refractivity contribution in [3.05, 3.63) is 176 Å². The van der Waals surface area contributed by atoms with Gasteiger partial charge in [0.15, 0.2) is 0 Å². The van der Waals surface area contributed by atoms with Crippen molar-refractivity contribution in [2.75, 3.05) is 0 Å². The van der Waals surface area contributed by atoms with E-state index in [2.05, 4.69) is 229 Å². The van der Waals surface area contributed by atoms with Crippen molar-refractivity contribution in [1.82, 2.24) is 13.7 Å². The van der Waals surface area contributed by atoms with E-state index in [1.807, 2.05) is 0 Å². The molecule has 0 radical (unpaired) electrons. The molecule has 0 unspecified atom stereocenters. The molecule has 5 heteroatoms. The van der Waals surface area contributed by atoms with Gasteiger partial charge in [-0.25, -0.2) is 0 Å². The van der Waals surface area contributed by atoms with E-state index in [1.54, 1.807) is 0 Å². The Morgan fingerprint density at radius 2 is 0.678 bits per heavy atom. The van der Waals surface area contributed by atoms with E-state index in [-0.39, 0.29) is 0 Å². The minimum atomic E-state index is -1.57. The maximum Gasteiger partial charge on any atom is 0.0776 e. The van der Waals surface area contributed by atoms with Crippen LogP contribution in [0.5, 0.6) is 0 Å². The maximum atomic E-state index is 2.51. The molecule has 11 rings (SSSR count). The number of para-hydroxylation sites is 3. The molecule has 3 aromatic heterocycles. The zero-order chi connectivity index (χ0) is 40.2. The van der Waals surface area contributed by atoms with Crippen molar-refractivity contribution in [2.24, 2.45) is 0 Å². The SMILES string of the molecule is C[Si](C)(C)c1ccc2c(c1)c1cc(-c3ccc4c5cc([Si](C)(C)C)ccc5n(-c5ccc6c(c5)c5ccccc5n6-c5ccccc5)c4c3)ccc1n2-c1ccccc1. The van der Waals surface area contributed by atoms with Gasteiger partial charge in [0.05, 0.1) is 49.2 Å². The number of rotatable bonds is 6. The van der Waals surface area contributed by atoms with Gasteiger partial charge in [-0.15, -0.1) is 0 Å². The van der Waals surface area contributed by atoms with E-state index in [1.165, 1.54) is 104 Å². The lowest BCUT2D eigenvalue weighted by atomic mass is 10.0. The average Bonchev–Trinajstić information content (AvgIpc) is 3.88. The summed E-state index contributed by atoms with van der Waals surface area (Å²) in [6, 6.07) is 66.1. The van der Waals surface area contributed by atoms with Crippen LogP contribution in [-0.4, -0.2) is 29.8 Å². The van der Waals surface area contributed by atoms with Crippen LogP contribution in [0.4, 0.5) is 0 Å². The van der Waals surface area contributed by atoms with Crippen molar-refractivity contribution >= 4 is 91.9 Å². The molecule has 0 aliphatic carbocycles. The molecule has 59 heavy (non-hydrogen) atoms. The molecule has 286 valence electrons. The third kappa shape index (κ3) is 5.67. The second-order valence-corrected chi connectivity index (χ2v) is 28.5. The predicted molar refractivity (Wildman–Crippen MR) is 261 cm³/mol. The highest BCUT2D eigenvalue weighted by Gasteiger charge is 2.23. The molecular weight excluding hydrogens is 747 g/mol. The van der Waals surface area contributed by atoms with Crippen molar-refractivity contribution in [1.29, 1.82) is 0 Å². The van der Waals surface area contributed by atoms with E-state index >= 15 is 0 Å². The zero-order valence-electron chi connectivity index (χ0n) is 34.6. The Morgan fingerprint density at radius 1 is 0.271 bits per heavy atom. The summed E-state index contributed by atoms with van der Waals surface area (Å²) >= 11 is 0. The first-order valence-electron chi connectivity index (χ1n) is 20.9. The largest absolute Gasteiger partial charge is 0.309 e. The summed E-state index contributed by atoms with van der Waals surface area (Å²) in [5.41, 5.74) is 13.4. The number of aromatic nitrogens is 3. The maximum absolute atomic E-state index is 2.51. The second kappa shape index (κ2) is 13.1. The fourth-order valence-electron chi connectivity index (χ4n) is 9.42. The van der Waals surface area contributed by atoms with Crippen LogP contribution in [0.25, 0.3) is 93.6 Å². The molecule has 0 amide bonds. The Balaban J connectivity index is 1.16. The predicted octanol–water partition coefficient (Wildman–Crippen LogP) is 13.7. The highest BCUT2D eigenvalue weighted by Crippen LogP contribution is 2.40. The first-order valence-corrected chi connectivity index (χ1v) is 27.9. The first kappa shape index (κ1) is 35.7. The minimum Gasteiger partial charge on any atom is -0.309 e. The monoisotopic (exact) mass is 793 g/mol. The van der Waals surface area contributed by atoms with Gasteiger partial charge in [0.1, 0.15) is 0 Å². The van der Waals surface area contributed by atoms with Gasteiger partial charge >= 0.3 is 0 Å². The standard InChI is InChI=1S/C54H47N3Si2/c1-58(2,3)41-24-29-52-47(34-41)44-26-21-37(36-22-27-50-45(31-36)48-35-42(59(4,5)6)25-30-53(48)56(50)39-17-11-8-12-18-39)32-54(44)57(52)40-23-28-51-46(33-40)43-19-13-14-20-49(43)55(51)38-15-9-7-10-16-38/h7-35H,1-6H3. The number of hydrogen-bond donors (Lipinski definition) is 0. The Hall–Kier alpha value is -6.41. The smallest absolute Gasteiger partial charge is 0.0776 e. The van der Waals surface area contributed by atoms with Gasteiger partial charge < -0.3 is 13.7 Å².